The topological polar surface area (TPSA) is 84.9 Å². The molecule has 2 heterocycles. The second kappa shape index (κ2) is 10.3. The minimum absolute atomic E-state index is 0.190. The van der Waals surface area contributed by atoms with Gasteiger partial charge in [-0.3, -0.25) is 9.17 Å². The molecule has 0 aliphatic carbocycles. The number of hydrogen-bond donors (Lipinski definition) is 1. The highest BCUT2D eigenvalue weighted by atomic mass is 32.2. The minimum atomic E-state index is -3.51. The van der Waals surface area contributed by atoms with E-state index in [1.807, 2.05) is 25.1 Å². The molecule has 0 atom stereocenters. The van der Waals surface area contributed by atoms with E-state index in [1.165, 1.54) is 12.1 Å². The average molecular weight is 333 g/mol. The van der Waals surface area contributed by atoms with E-state index in [1.54, 1.807) is 43.2 Å². The molecule has 0 radical (unpaired) electrons. The minimum Gasteiger partial charge on any atom is -0.351 e. The Morgan fingerprint density at radius 3 is 1.91 bits per heavy atom. The van der Waals surface area contributed by atoms with Gasteiger partial charge in [-0.2, -0.15) is 8.42 Å². The summed E-state index contributed by atoms with van der Waals surface area (Å²) in [5.74, 6) is 0. The van der Waals surface area contributed by atoms with Crippen molar-refractivity contribution < 1.29 is 12.6 Å². The van der Waals surface area contributed by atoms with Crippen LogP contribution < -0.4 is 0 Å². The molecule has 7 heteroatoms. The quantitative estimate of drug-likeness (QED) is 0.729. The molecule has 1 aromatic carbocycles. The van der Waals surface area contributed by atoms with Crippen LogP contribution in [0.25, 0.3) is 0 Å². The number of aromatic amines is 1. The number of aryl methyl sites for hydroxylation is 1. The van der Waals surface area contributed by atoms with E-state index >= 15 is 0 Å². The molecule has 23 heavy (non-hydrogen) atoms. The first kappa shape index (κ1) is 18.5. The number of H-pyrrole nitrogens is 1. The highest BCUT2D eigenvalue weighted by Crippen LogP contribution is 2.11. The summed E-state index contributed by atoms with van der Waals surface area (Å²) in [6, 6.07) is 12.2. The second-order valence-electron chi connectivity index (χ2n) is 4.22. The Labute approximate surface area is 136 Å². The summed E-state index contributed by atoms with van der Waals surface area (Å²) >= 11 is 0. The Balaban J connectivity index is 0.000000198. The Kier molecular flexibility index (Phi) is 8.27. The summed E-state index contributed by atoms with van der Waals surface area (Å²) in [6.45, 7) is 1.89. The lowest BCUT2D eigenvalue weighted by atomic mass is 10.2. The molecular formula is C16H19N3O3S. The molecule has 0 spiro atoms. The third kappa shape index (κ3) is 7.89. The molecule has 0 unspecified atom stereocenters. The first-order valence-electron chi connectivity index (χ1n) is 6.71. The van der Waals surface area contributed by atoms with Gasteiger partial charge in [-0.1, -0.05) is 23.8 Å². The van der Waals surface area contributed by atoms with Gasteiger partial charge >= 0.3 is 0 Å². The zero-order chi connectivity index (χ0) is 17.0. The van der Waals surface area contributed by atoms with Crippen molar-refractivity contribution in [3.8, 4) is 0 Å². The van der Waals surface area contributed by atoms with Gasteiger partial charge in [0.2, 0.25) is 0 Å². The zero-order valence-electron chi connectivity index (χ0n) is 13.0. The van der Waals surface area contributed by atoms with Gasteiger partial charge in [0.15, 0.2) is 0 Å². The monoisotopic (exact) mass is 333 g/mol. The molecule has 2 aromatic heterocycles. The van der Waals surface area contributed by atoms with Crippen molar-refractivity contribution >= 4 is 10.1 Å². The van der Waals surface area contributed by atoms with Crippen molar-refractivity contribution in [3.05, 3.63) is 79.1 Å². The van der Waals surface area contributed by atoms with E-state index in [0.717, 1.165) is 12.7 Å². The molecule has 3 rings (SSSR count). The van der Waals surface area contributed by atoms with E-state index in [0.29, 0.717) is 0 Å². The molecule has 0 bridgehead atoms. The standard InChI is InChI=1S/C8H10O3S.C5H5N.C3H4N2/c1-7-3-5-8(6-4-7)12(9,10)11-2;1-2-4-6-5-3-1;1-2-5-3-4-1/h3-6H,1-2H3;1-5H;1-3H,(H,4,5). The van der Waals surface area contributed by atoms with E-state index in [9.17, 15) is 8.42 Å². The van der Waals surface area contributed by atoms with Crippen LogP contribution in [0.4, 0.5) is 0 Å². The van der Waals surface area contributed by atoms with Crippen molar-refractivity contribution in [1.82, 2.24) is 15.0 Å². The Bertz CT molecular complexity index is 684. The molecular weight excluding hydrogens is 314 g/mol. The first-order chi connectivity index (χ1) is 11.1. The van der Waals surface area contributed by atoms with Crippen LogP contribution in [0.1, 0.15) is 5.56 Å². The Morgan fingerprint density at radius 2 is 1.61 bits per heavy atom. The number of pyridine rings is 1. The van der Waals surface area contributed by atoms with Crippen LogP contribution in [0.2, 0.25) is 0 Å². The smallest absolute Gasteiger partial charge is 0.296 e. The van der Waals surface area contributed by atoms with Crippen molar-refractivity contribution in [2.45, 2.75) is 11.8 Å². The molecule has 122 valence electrons. The maximum atomic E-state index is 11.1. The molecule has 0 aliphatic rings. The summed E-state index contributed by atoms with van der Waals surface area (Å²) in [6.07, 6.45) is 8.58. The molecule has 0 amide bonds. The van der Waals surface area contributed by atoms with Gasteiger partial charge in [-0.05, 0) is 31.2 Å². The van der Waals surface area contributed by atoms with E-state index in [4.69, 9.17) is 0 Å². The molecule has 0 saturated carbocycles. The summed E-state index contributed by atoms with van der Waals surface area (Å²) in [5.41, 5.74) is 1.02. The number of benzene rings is 1. The van der Waals surface area contributed by atoms with Crippen LogP contribution in [-0.4, -0.2) is 30.5 Å². The second-order valence-corrected chi connectivity index (χ2v) is 5.93. The van der Waals surface area contributed by atoms with E-state index in [-0.39, 0.29) is 4.90 Å². The summed E-state index contributed by atoms with van der Waals surface area (Å²) in [7, 11) is -2.37. The summed E-state index contributed by atoms with van der Waals surface area (Å²) in [4.78, 5) is 10.4. The predicted molar refractivity (Wildman–Crippen MR) is 88.2 cm³/mol. The van der Waals surface area contributed by atoms with Gasteiger partial charge in [0.25, 0.3) is 10.1 Å². The third-order valence-corrected chi connectivity index (χ3v) is 3.79. The van der Waals surface area contributed by atoms with Crippen molar-refractivity contribution in [2.75, 3.05) is 7.11 Å². The molecule has 6 nitrogen and oxygen atoms in total. The fourth-order valence-electron chi connectivity index (χ4n) is 1.33. The highest BCUT2D eigenvalue weighted by molar-refractivity contribution is 7.86. The lowest BCUT2D eigenvalue weighted by Crippen LogP contribution is -2.02. The Hall–Kier alpha value is -2.51. The fraction of sp³-hybridized carbons (Fsp3) is 0.125. The number of rotatable bonds is 2. The SMILES string of the molecule is COS(=O)(=O)c1ccc(C)cc1.c1c[nH]cn1.c1ccncc1. The predicted octanol–water partition coefficient (Wildman–Crippen LogP) is 2.82. The summed E-state index contributed by atoms with van der Waals surface area (Å²) < 4.78 is 26.5. The lowest BCUT2D eigenvalue weighted by molar-refractivity contribution is 0.398. The zero-order valence-corrected chi connectivity index (χ0v) is 13.8. The maximum Gasteiger partial charge on any atom is 0.296 e. The normalized spacial score (nSPS) is 9.83. The molecule has 0 fully saturated rings. The van der Waals surface area contributed by atoms with Crippen LogP contribution in [0.15, 0.2) is 78.5 Å². The van der Waals surface area contributed by atoms with Crippen molar-refractivity contribution in [3.63, 3.8) is 0 Å². The van der Waals surface area contributed by atoms with Gasteiger partial charge in [-0.25, -0.2) is 4.98 Å². The molecule has 0 aliphatic heterocycles. The number of imidazole rings is 1. The first-order valence-corrected chi connectivity index (χ1v) is 8.12. The number of nitrogens with one attached hydrogen (secondary N) is 1. The van der Waals surface area contributed by atoms with E-state index < -0.39 is 10.1 Å². The fourth-order valence-corrected chi connectivity index (χ4v) is 1.99. The van der Waals surface area contributed by atoms with Gasteiger partial charge in [0.05, 0.1) is 18.3 Å². The number of nitrogens with zero attached hydrogens (tertiary/aromatic N) is 2. The van der Waals surface area contributed by atoms with Crippen molar-refractivity contribution in [1.29, 1.82) is 0 Å². The van der Waals surface area contributed by atoms with E-state index in [2.05, 4.69) is 19.1 Å². The lowest BCUT2D eigenvalue weighted by Gasteiger charge is -2.00. The van der Waals surface area contributed by atoms with Gasteiger partial charge in [0.1, 0.15) is 0 Å². The maximum absolute atomic E-state index is 11.1. The number of aromatic nitrogens is 3. The summed E-state index contributed by atoms with van der Waals surface area (Å²) in [5, 5.41) is 0. The van der Waals surface area contributed by atoms with Gasteiger partial charge in [-0.15, -0.1) is 0 Å². The highest BCUT2D eigenvalue weighted by Gasteiger charge is 2.10. The van der Waals surface area contributed by atoms with Gasteiger partial charge < -0.3 is 4.98 Å². The number of hydrogen-bond acceptors (Lipinski definition) is 5. The third-order valence-electron chi connectivity index (χ3n) is 2.50. The Morgan fingerprint density at radius 1 is 0.957 bits per heavy atom. The van der Waals surface area contributed by atoms with Crippen LogP contribution in [0.5, 0.6) is 0 Å². The van der Waals surface area contributed by atoms with Crippen LogP contribution in [-0.2, 0) is 14.3 Å². The van der Waals surface area contributed by atoms with Crippen LogP contribution in [0.3, 0.4) is 0 Å². The average Bonchev–Trinajstić information content (AvgIpc) is 3.17. The van der Waals surface area contributed by atoms with Crippen LogP contribution >= 0.6 is 0 Å². The van der Waals surface area contributed by atoms with Crippen molar-refractivity contribution in [2.24, 2.45) is 0 Å². The van der Waals surface area contributed by atoms with Gasteiger partial charge in [0, 0.05) is 24.8 Å². The largest absolute Gasteiger partial charge is 0.351 e. The van der Waals surface area contributed by atoms with Crippen LogP contribution in [0, 0.1) is 6.92 Å². The molecule has 1 N–H and O–H groups in total. The molecule has 3 aromatic rings. The molecule has 0 saturated heterocycles.